The van der Waals surface area contributed by atoms with E-state index in [0.29, 0.717) is 11.2 Å². The van der Waals surface area contributed by atoms with Gasteiger partial charge in [-0.3, -0.25) is 13.9 Å². The minimum absolute atomic E-state index is 0.285. The van der Waals surface area contributed by atoms with E-state index in [0.717, 1.165) is 36.8 Å². The second kappa shape index (κ2) is 5.90. The monoisotopic (exact) mass is 276 g/mol. The van der Waals surface area contributed by atoms with Crippen LogP contribution in [0.2, 0.25) is 0 Å². The Kier molecular flexibility index (Phi) is 4.22. The molecule has 2 rings (SSSR count). The molecule has 0 aromatic carbocycles. The van der Waals surface area contributed by atoms with E-state index in [1.165, 1.54) is 11.6 Å². The van der Waals surface area contributed by atoms with Crippen molar-refractivity contribution in [3.05, 3.63) is 39.8 Å². The van der Waals surface area contributed by atoms with Gasteiger partial charge < -0.3 is 4.57 Å². The van der Waals surface area contributed by atoms with Crippen molar-refractivity contribution in [2.24, 2.45) is 14.1 Å². The van der Waals surface area contributed by atoms with Crippen LogP contribution in [0.4, 0.5) is 0 Å². The highest BCUT2D eigenvalue weighted by Gasteiger charge is 2.13. The first kappa shape index (κ1) is 14.3. The molecule has 2 aromatic rings. The van der Waals surface area contributed by atoms with Crippen molar-refractivity contribution < 1.29 is 0 Å². The van der Waals surface area contributed by atoms with Crippen LogP contribution < -0.4 is 11.2 Å². The van der Waals surface area contributed by atoms with Gasteiger partial charge in [0.2, 0.25) is 0 Å². The largest absolute Gasteiger partial charge is 0.332 e. The Hall–Kier alpha value is -2.11. The molecule has 2 heterocycles. The Morgan fingerprint density at radius 3 is 2.65 bits per heavy atom. The molecule has 0 unspecified atom stereocenters. The van der Waals surface area contributed by atoms with E-state index in [1.807, 2.05) is 10.6 Å². The summed E-state index contributed by atoms with van der Waals surface area (Å²) in [7, 11) is 3.12. The van der Waals surface area contributed by atoms with E-state index in [2.05, 4.69) is 11.6 Å². The molecule has 6 nitrogen and oxygen atoms in total. The summed E-state index contributed by atoms with van der Waals surface area (Å²) in [5.74, 6) is 0. The van der Waals surface area contributed by atoms with Crippen LogP contribution >= 0.6 is 0 Å². The van der Waals surface area contributed by atoms with Crippen molar-refractivity contribution in [2.75, 3.05) is 0 Å². The van der Waals surface area contributed by atoms with Gasteiger partial charge in [-0.2, -0.15) is 0 Å². The van der Waals surface area contributed by atoms with Gasteiger partial charge in [-0.1, -0.05) is 12.5 Å². The standard InChI is InChI=1S/C14H20N4O2/c1-4-5-6-7-8-9-18-10-15-12-11(18)13(19)17(3)14(20)16(12)2/h4,10H,1,5-9H2,2-3H3. The number of aromatic nitrogens is 4. The number of allylic oxidation sites excluding steroid dienone is 1. The first-order chi connectivity index (χ1) is 9.57. The predicted octanol–water partition coefficient (Wildman–Crippen LogP) is 1.18. The number of hydrogen-bond donors (Lipinski definition) is 0. The number of unbranched alkanes of at least 4 members (excludes halogenated alkanes) is 3. The Morgan fingerprint density at radius 1 is 1.20 bits per heavy atom. The van der Waals surface area contributed by atoms with Crippen LogP contribution in [0.5, 0.6) is 0 Å². The summed E-state index contributed by atoms with van der Waals surface area (Å²) in [4.78, 5) is 28.2. The zero-order valence-electron chi connectivity index (χ0n) is 12.0. The second-order valence-electron chi connectivity index (χ2n) is 4.95. The van der Waals surface area contributed by atoms with Gasteiger partial charge in [0.15, 0.2) is 11.2 Å². The molecule has 108 valence electrons. The molecule has 0 N–H and O–H groups in total. The van der Waals surface area contributed by atoms with Crippen LogP contribution in [0.15, 0.2) is 28.6 Å². The van der Waals surface area contributed by atoms with Gasteiger partial charge in [0, 0.05) is 20.6 Å². The average Bonchev–Trinajstić information content (AvgIpc) is 2.86. The van der Waals surface area contributed by atoms with Gasteiger partial charge in [0.1, 0.15) is 0 Å². The van der Waals surface area contributed by atoms with Crippen molar-refractivity contribution >= 4 is 11.2 Å². The van der Waals surface area contributed by atoms with Crippen LogP contribution in [0.25, 0.3) is 11.2 Å². The second-order valence-corrected chi connectivity index (χ2v) is 4.95. The lowest BCUT2D eigenvalue weighted by Crippen LogP contribution is -2.37. The Labute approximate surface area is 117 Å². The van der Waals surface area contributed by atoms with Crippen molar-refractivity contribution in [2.45, 2.75) is 32.2 Å². The molecule has 0 aliphatic heterocycles. The topological polar surface area (TPSA) is 61.8 Å². The third kappa shape index (κ3) is 2.45. The highest BCUT2D eigenvalue weighted by Crippen LogP contribution is 2.08. The SMILES string of the molecule is C=CCCCCCn1cnc2c1c(=O)n(C)c(=O)n2C. The first-order valence-corrected chi connectivity index (χ1v) is 6.79. The molecular weight excluding hydrogens is 256 g/mol. The van der Waals surface area contributed by atoms with Crippen LogP contribution in [0, 0.1) is 0 Å². The van der Waals surface area contributed by atoms with Crippen LogP contribution in [0.3, 0.4) is 0 Å². The highest BCUT2D eigenvalue weighted by atomic mass is 16.2. The molecule has 0 atom stereocenters. The maximum absolute atomic E-state index is 12.2. The maximum atomic E-state index is 12.2. The highest BCUT2D eigenvalue weighted by molar-refractivity contribution is 5.69. The Balaban J connectivity index is 2.30. The minimum atomic E-state index is -0.348. The van der Waals surface area contributed by atoms with Gasteiger partial charge >= 0.3 is 5.69 Å². The van der Waals surface area contributed by atoms with E-state index < -0.39 is 0 Å². The molecule has 0 saturated heterocycles. The zero-order valence-corrected chi connectivity index (χ0v) is 12.0. The molecule has 0 spiro atoms. The molecule has 0 aliphatic rings. The third-order valence-electron chi connectivity index (χ3n) is 3.52. The number of aryl methyl sites for hydroxylation is 2. The van der Waals surface area contributed by atoms with Crippen molar-refractivity contribution in [1.29, 1.82) is 0 Å². The first-order valence-electron chi connectivity index (χ1n) is 6.79. The summed E-state index contributed by atoms with van der Waals surface area (Å²) in [6.45, 7) is 4.43. The molecule has 0 fully saturated rings. The van der Waals surface area contributed by atoms with E-state index in [1.54, 1.807) is 13.4 Å². The molecule has 0 aliphatic carbocycles. The number of nitrogens with zero attached hydrogens (tertiary/aromatic N) is 4. The molecule has 20 heavy (non-hydrogen) atoms. The number of fused-ring (bicyclic) bond motifs is 1. The summed E-state index contributed by atoms with van der Waals surface area (Å²) in [5.41, 5.74) is 0.313. The van der Waals surface area contributed by atoms with E-state index >= 15 is 0 Å². The lowest BCUT2D eigenvalue weighted by Gasteiger charge is -2.06. The lowest BCUT2D eigenvalue weighted by molar-refractivity contribution is 0.597. The number of hydrogen-bond acceptors (Lipinski definition) is 3. The summed E-state index contributed by atoms with van der Waals surface area (Å²) in [6.07, 6.45) is 7.73. The fourth-order valence-electron chi connectivity index (χ4n) is 2.31. The van der Waals surface area contributed by atoms with E-state index in [-0.39, 0.29) is 11.2 Å². The van der Waals surface area contributed by atoms with Gasteiger partial charge in [0.05, 0.1) is 6.33 Å². The number of imidazole rings is 1. The average molecular weight is 276 g/mol. The molecule has 2 aromatic heterocycles. The van der Waals surface area contributed by atoms with Crippen LogP contribution in [-0.4, -0.2) is 18.7 Å². The summed E-state index contributed by atoms with van der Waals surface area (Å²) < 4.78 is 4.37. The zero-order chi connectivity index (χ0) is 14.7. The van der Waals surface area contributed by atoms with Crippen LogP contribution in [0.1, 0.15) is 25.7 Å². The van der Waals surface area contributed by atoms with Crippen molar-refractivity contribution in [1.82, 2.24) is 18.7 Å². The fourth-order valence-corrected chi connectivity index (χ4v) is 2.31. The number of rotatable bonds is 6. The van der Waals surface area contributed by atoms with Gasteiger partial charge in [-0.15, -0.1) is 6.58 Å². The van der Waals surface area contributed by atoms with Gasteiger partial charge in [-0.05, 0) is 19.3 Å². The fraction of sp³-hybridized carbons (Fsp3) is 0.500. The minimum Gasteiger partial charge on any atom is -0.325 e. The predicted molar refractivity (Wildman–Crippen MR) is 78.9 cm³/mol. The molecule has 0 saturated carbocycles. The molecule has 6 heteroatoms. The maximum Gasteiger partial charge on any atom is 0.332 e. The third-order valence-corrected chi connectivity index (χ3v) is 3.52. The Morgan fingerprint density at radius 2 is 1.95 bits per heavy atom. The summed E-state index contributed by atoms with van der Waals surface area (Å²) in [5, 5.41) is 0. The molecular formula is C14H20N4O2. The summed E-state index contributed by atoms with van der Waals surface area (Å²) in [6, 6.07) is 0. The van der Waals surface area contributed by atoms with Crippen molar-refractivity contribution in [3.63, 3.8) is 0 Å². The molecule has 0 radical (unpaired) electrons. The van der Waals surface area contributed by atoms with Gasteiger partial charge in [-0.25, -0.2) is 9.78 Å². The van der Waals surface area contributed by atoms with Gasteiger partial charge in [0.25, 0.3) is 5.56 Å². The summed E-state index contributed by atoms with van der Waals surface area (Å²) >= 11 is 0. The lowest BCUT2D eigenvalue weighted by atomic mass is 10.2. The normalized spacial score (nSPS) is 11.1. The van der Waals surface area contributed by atoms with E-state index in [9.17, 15) is 9.59 Å². The van der Waals surface area contributed by atoms with Crippen LogP contribution in [-0.2, 0) is 20.6 Å². The van der Waals surface area contributed by atoms with E-state index in [4.69, 9.17) is 0 Å². The molecule has 0 bridgehead atoms. The molecule has 0 amide bonds. The quantitative estimate of drug-likeness (QED) is 0.588. The van der Waals surface area contributed by atoms with Crippen molar-refractivity contribution in [3.8, 4) is 0 Å². The Bertz CT molecular complexity index is 736. The smallest absolute Gasteiger partial charge is 0.325 e.